The van der Waals surface area contributed by atoms with Crippen molar-refractivity contribution in [3.63, 3.8) is 0 Å². The van der Waals surface area contributed by atoms with Crippen molar-refractivity contribution in [2.45, 2.75) is 50.0 Å². The highest BCUT2D eigenvalue weighted by Crippen LogP contribution is 2.26. The molecule has 0 N–H and O–H groups in total. The van der Waals surface area contributed by atoms with E-state index in [1.165, 1.54) is 12.1 Å². The van der Waals surface area contributed by atoms with Crippen LogP contribution in [0, 0.1) is 17.2 Å². The van der Waals surface area contributed by atoms with Crippen LogP contribution >= 0.6 is 0 Å². The summed E-state index contributed by atoms with van der Waals surface area (Å²) in [7, 11) is -3.52. The second-order valence-electron chi connectivity index (χ2n) is 7.18. The van der Waals surface area contributed by atoms with Gasteiger partial charge < -0.3 is 4.90 Å². The maximum atomic E-state index is 12.8. The zero-order valence-corrected chi connectivity index (χ0v) is 15.9. The van der Waals surface area contributed by atoms with Gasteiger partial charge in [-0.2, -0.15) is 9.57 Å². The molecule has 2 fully saturated rings. The molecule has 0 aromatic heterocycles. The largest absolute Gasteiger partial charge is 0.339 e. The summed E-state index contributed by atoms with van der Waals surface area (Å²) in [5.41, 5.74) is 0.492. The normalized spacial score (nSPS) is 22.8. The van der Waals surface area contributed by atoms with Gasteiger partial charge in [-0.15, -0.1) is 0 Å². The molecule has 1 unspecified atom stereocenters. The summed E-state index contributed by atoms with van der Waals surface area (Å²) >= 11 is 0. The third-order valence-corrected chi connectivity index (χ3v) is 7.44. The number of likely N-dealkylation sites (tertiary alicyclic amines) is 1. The van der Waals surface area contributed by atoms with Gasteiger partial charge in [-0.1, -0.05) is 6.42 Å². The van der Waals surface area contributed by atoms with Crippen molar-refractivity contribution in [3.8, 4) is 6.07 Å². The molecule has 7 heteroatoms. The van der Waals surface area contributed by atoms with E-state index in [0.29, 0.717) is 38.0 Å². The fraction of sp³-hybridized carbons (Fsp3) is 0.579. The van der Waals surface area contributed by atoms with Gasteiger partial charge in [0.2, 0.25) is 10.0 Å². The molecule has 1 aromatic rings. The van der Waals surface area contributed by atoms with E-state index in [9.17, 15) is 13.2 Å². The van der Waals surface area contributed by atoms with Crippen LogP contribution in [0.5, 0.6) is 0 Å². The minimum Gasteiger partial charge on any atom is -0.339 e. The first-order chi connectivity index (χ1) is 12.4. The molecule has 2 aliphatic heterocycles. The van der Waals surface area contributed by atoms with Gasteiger partial charge in [0.05, 0.1) is 11.0 Å². The summed E-state index contributed by atoms with van der Waals surface area (Å²) in [6.07, 6.45) is 4.22. The number of amides is 1. The van der Waals surface area contributed by atoms with Crippen LogP contribution in [0.4, 0.5) is 0 Å². The first-order valence-electron chi connectivity index (χ1n) is 9.24. The average molecular weight is 375 g/mol. The predicted octanol–water partition coefficient (Wildman–Crippen LogP) is 2.63. The number of piperidine rings is 2. The number of hydrogen-bond donors (Lipinski definition) is 0. The molecule has 26 heavy (non-hydrogen) atoms. The van der Waals surface area contributed by atoms with Crippen LogP contribution in [0.15, 0.2) is 29.2 Å². The van der Waals surface area contributed by atoms with Crippen LogP contribution in [-0.4, -0.2) is 49.2 Å². The Morgan fingerprint density at radius 3 is 2.31 bits per heavy atom. The van der Waals surface area contributed by atoms with Gasteiger partial charge in [-0.05, 0) is 56.9 Å². The number of nitriles is 1. The van der Waals surface area contributed by atoms with E-state index < -0.39 is 10.0 Å². The van der Waals surface area contributed by atoms with Crippen molar-refractivity contribution in [1.82, 2.24) is 9.21 Å². The van der Waals surface area contributed by atoms with Crippen molar-refractivity contribution >= 4 is 15.9 Å². The minimum atomic E-state index is -3.52. The van der Waals surface area contributed by atoms with E-state index in [0.717, 1.165) is 19.3 Å². The molecule has 140 valence electrons. The Labute approximate surface area is 155 Å². The zero-order chi connectivity index (χ0) is 18.7. The molecule has 2 saturated heterocycles. The summed E-state index contributed by atoms with van der Waals surface area (Å²) in [6, 6.07) is 8.53. The molecule has 2 heterocycles. The summed E-state index contributed by atoms with van der Waals surface area (Å²) in [6.45, 7) is 3.64. The Bertz CT molecular complexity index is 790. The lowest BCUT2D eigenvalue weighted by Crippen LogP contribution is -2.42. The smallest absolute Gasteiger partial charge is 0.253 e. The van der Waals surface area contributed by atoms with E-state index in [-0.39, 0.29) is 22.8 Å². The fourth-order valence-corrected chi connectivity index (χ4v) is 5.43. The van der Waals surface area contributed by atoms with Crippen molar-refractivity contribution in [2.24, 2.45) is 5.92 Å². The van der Waals surface area contributed by atoms with Crippen molar-refractivity contribution < 1.29 is 13.2 Å². The molecule has 0 saturated carbocycles. The van der Waals surface area contributed by atoms with Gasteiger partial charge in [-0.3, -0.25) is 4.79 Å². The van der Waals surface area contributed by atoms with Crippen LogP contribution < -0.4 is 0 Å². The molecular weight excluding hydrogens is 350 g/mol. The van der Waals surface area contributed by atoms with Crippen molar-refractivity contribution in [3.05, 3.63) is 29.8 Å². The number of rotatable bonds is 3. The molecule has 0 spiro atoms. The van der Waals surface area contributed by atoms with Crippen molar-refractivity contribution in [2.75, 3.05) is 19.6 Å². The van der Waals surface area contributed by atoms with Crippen molar-refractivity contribution in [1.29, 1.82) is 5.26 Å². The highest BCUT2D eigenvalue weighted by molar-refractivity contribution is 7.89. The predicted molar refractivity (Wildman–Crippen MR) is 97.9 cm³/mol. The van der Waals surface area contributed by atoms with E-state index in [1.807, 2.05) is 6.92 Å². The summed E-state index contributed by atoms with van der Waals surface area (Å²) in [5, 5.41) is 8.95. The molecule has 0 bridgehead atoms. The third-order valence-electron chi connectivity index (χ3n) is 5.41. The van der Waals surface area contributed by atoms with Crippen LogP contribution in [0.1, 0.15) is 49.4 Å². The van der Waals surface area contributed by atoms with Gasteiger partial charge in [-0.25, -0.2) is 8.42 Å². The Balaban J connectivity index is 1.72. The van der Waals surface area contributed by atoms with Crippen LogP contribution in [0.2, 0.25) is 0 Å². The van der Waals surface area contributed by atoms with E-state index in [2.05, 4.69) is 6.07 Å². The lowest BCUT2D eigenvalue weighted by molar-refractivity contribution is 0.0707. The van der Waals surface area contributed by atoms with Gasteiger partial charge in [0, 0.05) is 37.2 Å². The minimum absolute atomic E-state index is 0.0106. The first kappa shape index (κ1) is 18.9. The molecular formula is C19H25N3O3S. The lowest BCUT2D eigenvalue weighted by atomic mass is 9.98. The second-order valence-corrected chi connectivity index (χ2v) is 9.07. The molecule has 1 aromatic carbocycles. The molecule has 1 amide bonds. The Kier molecular flexibility index (Phi) is 5.64. The standard InChI is InChI=1S/C19H25N3O3S/c1-15-4-2-3-11-22(15)26(24,25)18-7-5-17(6-8-18)19(23)21-12-9-16(14-20)10-13-21/h5-8,15-16H,2-4,9-13H2,1H3. The monoisotopic (exact) mass is 375 g/mol. The molecule has 2 aliphatic rings. The summed E-state index contributed by atoms with van der Waals surface area (Å²) in [5.74, 6) is -0.0743. The number of sulfonamides is 1. The molecule has 3 rings (SSSR count). The third kappa shape index (κ3) is 3.76. The number of benzene rings is 1. The SMILES string of the molecule is CC1CCCCN1S(=O)(=O)c1ccc(C(=O)N2CCC(C#N)CC2)cc1. The number of carbonyl (C=O) groups excluding carboxylic acids is 1. The second kappa shape index (κ2) is 7.77. The van der Waals surface area contributed by atoms with E-state index >= 15 is 0 Å². The number of hydrogen-bond acceptors (Lipinski definition) is 4. The Hall–Kier alpha value is -1.91. The van der Waals surface area contributed by atoms with Gasteiger partial charge >= 0.3 is 0 Å². The van der Waals surface area contributed by atoms with Crippen LogP contribution in [0.25, 0.3) is 0 Å². The molecule has 6 nitrogen and oxygen atoms in total. The molecule has 0 aliphatic carbocycles. The quantitative estimate of drug-likeness (QED) is 0.813. The fourth-order valence-electron chi connectivity index (χ4n) is 3.73. The molecule has 1 atom stereocenters. The Morgan fingerprint density at radius 1 is 1.08 bits per heavy atom. The van der Waals surface area contributed by atoms with Crippen LogP contribution in [0.3, 0.4) is 0 Å². The average Bonchev–Trinajstić information content (AvgIpc) is 2.68. The lowest BCUT2D eigenvalue weighted by Gasteiger charge is -2.32. The zero-order valence-electron chi connectivity index (χ0n) is 15.1. The Morgan fingerprint density at radius 2 is 1.73 bits per heavy atom. The number of carbonyl (C=O) groups is 1. The van der Waals surface area contributed by atoms with E-state index in [4.69, 9.17) is 5.26 Å². The van der Waals surface area contributed by atoms with E-state index in [1.54, 1.807) is 21.3 Å². The maximum Gasteiger partial charge on any atom is 0.253 e. The highest BCUT2D eigenvalue weighted by Gasteiger charge is 2.31. The first-order valence-corrected chi connectivity index (χ1v) is 10.7. The highest BCUT2D eigenvalue weighted by atomic mass is 32.2. The van der Waals surface area contributed by atoms with Gasteiger partial charge in [0.1, 0.15) is 0 Å². The number of nitrogens with zero attached hydrogens (tertiary/aromatic N) is 3. The van der Waals surface area contributed by atoms with Gasteiger partial charge in [0.15, 0.2) is 0 Å². The maximum absolute atomic E-state index is 12.8. The summed E-state index contributed by atoms with van der Waals surface area (Å²) < 4.78 is 27.3. The summed E-state index contributed by atoms with van der Waals surface area (Å²) in [4.78, 5) is 14.6. The molecule has 0 radical (unpaired) electrons. The van der Waals surface area contributed by atoms with Crippen LogP contribution in [-0.2, 0) is 10.0 Å². The topological polar surface area (TPSA) is 81.5 Å². The van der Waals surface area contributed by atoms with Gasteiger partial charge in [0.25, 0.3) is 5.91 Å².